The average Bonchev–Trinajstić information content (AvgIpc) is 2.89. The van der Waals surface area contributed by atoms with Crippen molar-refractivity contribution in [2.75, 3.05) is 17.2 Å². The Morgan fingerprint density at radius 1 is 1.32 bits per heavy atom. The minimum Gasteiger partial charge on any atom is -0.364 e. The van der Waals surface area contributed by atoms with Crippen molar-refractivity contribution < 1.29 is 0 Å². The Labute approximate surface area is 136 Å². The molecule has 6 heteroatoms. The summed E-state index contributed by atoms with van der Waals surface area (Å²) in [6.07, 6.45) is 0. The van der Waals surface area contributed by atoms with E-state index in [0.717, 1.165) is 28.6 Å². The molecule has 0 saturated heterocycles. The van der Waals surface area contributed by atoms with Crippen LogP contribution in [0.15, 0.2) is 45.4 Å². The molecule has 0 N–H and O–H groups in total. The number of rotatable bonds is 2. The Morgan fingerprint density at radius 3 is 3.09 bits per heavy atom. The van der Waals surface area contributed by atoms with Crippen molar-refractivity contribution >= 4 is 33.7 Å². The molecule has 0 spiro atoms. The minimum atomic E-state index is 0.0124. The SMILES string of the molecule is Cc1csc2nc(CN3CCSc4ccccc43)cc(=O)n12. The third-order valence-electron chi connectivity index (χ3n) is 3.81. The van der Waals surface area contributed by atoms with Crippen LogP contribution in [0.5, 0.6) is 0 Å². The number of anilines is 1. The second-order valence-electron chi connectivity index (χ2n) is 5.32. The molecule has 0 fully saturated rings. The maximum Gasteiger partial charge on any atom is 0.259 e. The van der Waals surface area contributed by atoms with Gasteiger partial charge in [-0.2, -0.15) is 0 Å². The van der Waals surface area contributed by atoms with Crippen LogP contribution in [0.3, 0.4) is 0 Å². The second kappa shape index (κ2) is 5.44. The number of hydrogen-bond donors (Lipinski definition) is 0. The van der Waals surface area contributed by atoms with Gasteiger partial charge < -0.3 is 4.90 Å². The summed E-state index contributed by atoms with van der Waals surface area (Å²) in [6.45, 7) is 3.59. The molecule has 0 amide bonds. The van der Waals surface area contributed by atoms with Crippen LogP contribution < -0.4 is 10.5 Å². The fraction of sp³-hybridized carbons (Fsp3) is 0.250. The van der Waals surface area contributed by atoms with E-state index in [2.05, 4.69) is 34.1 Å². The number of thiazole rings is 1. The third kappa shape index (κ3) is 2.32. The molecule has 0 bridgehead atoms. The lowest BCUT2D eigenvalue weighted by Crippen LogP contribution is -2.29. The van der Waals surface area contributed by atoms with Gasteiger partial charge in [-0.15, -0.1) is 23.1 Å². The van der Waals surface area contributed by atoms with Crippen molar-refractivity contribution in [1.29, 1.82) is 0 Å². The molecular formula is C16H15N3OS2. The van der Waals surface area contributed by atoms with Gasteiger partial charge in [0.1, 0.15) is 0 Å². The van der Waals surface area contributed by atoms with Gasteiger partial charge in [0.25, 0.3) is 5.56 Å². The molecule has 0 atom stereocenters. The van der Waals surface area contributed by atoms with Crippen molar-refractivity contribution in [2.24, 2.45) is 0 Å². The topological polar surface area (TPSA) is 37.6 Å². The number of hydrogen-bond acceptors (Lipinski definition) is 5. The predicted molar refractivity (Wildman–Crippen MR) is 92.3 cm³/mol. The van der Waals surface area contributed by atoms with Gasteiger partial charge in [-0.05, 0) is 19.1 Å². The maximum absolute atomic E-state index is 12.3. The largest absolute Gasteiger partial charge is 0.364 e. The Balaban J connectivity index is 1.71. The summed E-state index contributed by atoms with van der Waals surface area (Å²) in [5.74, 6) is 1.07. The molecule has 22 heavy (non-hydrogen) atoms. The van der Waals surface area contributed by atoms with Crippen LogP contribution in [-0.2, 0) is 6.54 Å². The molecule has 0 unspecified atom stereocenters. The Bertz CT molecular complexity index is 900. The lowest BCUT2D eigenvalue weighted by molar-refractivity contribution is 0.793. The molecule has 0 aliphatic carbocycles. The van der Waals surface area contributed by atoms with Gasteiger partial charge in [0.2, 0.25) is 0 Å². The van der Waals surface area contributed by atoms with Crippen LogP contribution in [0.25, 0.3) is 4.96 Å². The zero-order valence-electron chi connectivity index (χ0n) is 12.2. The summed E-state index contributed by atoms with van der Waals surface area (Å²) in [4.78, 5) is 21.3. The van der Waals surface area contributed by atoms with Crippen molar-refractivity contribution in [1.82, 2.24) is 9.38 Å². The molecule has 4 nitrogen and oxygen atoms in total. The first-order chi connectivity index (χ1) is 10.7. The van der Waals surface area contributed by atoms with E-state index in [1.165, 1.54) is 21.9 Å². The standard InChI is InChI=1S/C16H15N3OS2/c1-11-10-22-16-17-12(8-15(20)19(11)16)9-18-6-7-21-14-5-3-2-4-13(14)18/h2-5,8,10H,6-7,9H2,1H3. The fourth-order valence-corrected chi connectivity index (χ4v) is 4.71. The van der Waals surface area contributed by atoms with Gasteiger partial charge in [0.15, 0.2) is 4.96 Å². The van der Waals surface area contributed by atoms with Crippen molar-refractivity contribution in [2.45, 2.75) is 18.4 Å². The van der Waals surface area contributed by atoms with Crippen molar-refractivity contribution in [3.05, 3.63) is 57.5 Å². The molecular weight excluding hydrogens is 314 g/mol. The zero-order valence-corrected chi connectivity index (χ0v) is 13.8. The van der Waals surface area contributed by atoms with Gasteiger partial charge in [-0.25, -0.2) is 4.98 Å². The van der Waals surface area contributed by atoms with Crippen LogP contribution in [-0.4, -0.2) is 21.7 Å². The van der Waals surface area contributed by atoms with Gasteiger partial charge in [-0.3, -0.25) is 9.20 Å². The van der Waals surface area contributed by atoms with Gasteiger partial charge in [0, 0.05) is 34.3 Å². The van der Waals surface area contributed by atoms with Gasteiger partial charge in [-0.1, -0.05) is 12.1 Å². The summed E-state index contributed by atoms with van der Waals surface area (Å²) in [6, 6.07) is 10.1. The highest BCUT2D eigenvalue weighted by atomic mass is 32.2. The monoisotopic (exact) mass is 329 g/mol. The number of nitrogens with zero attached hydrogens (tertiary/aromatic N) is 3. The van der Waals surface area contributed by atoms with Gasteiger partial charge in [0.05, 0.1) is 17.9 Å². The molecule has 0 saturated carbocycles. The first-order valence-corrected chi connectivity index (χ1v) is 9.02. The molecule has 4 rings (SSSR count). The second-order valence-corrected chi connectivity index (χ2v) is 7.29. The molecule has 0 radical (unpaired) electrons. The number of aromatic nitrogens is 2. The van der Waals surface area contributed by atoms with Crippen LogP contribution in [0.1, 0.15) is 11.4 Å². The Morgan fingerprint density at radius 2 is 2.18 bits per heavy atom. The predicted octanol–water partition coefficient (Wildman–Crippen LogP) is 3.18. The number of thioether (sulfide) groups is 1. The Hall–Kier alpha value is -1.79. The summed E-state index contributed by atoms with van der Waals surface area (Å²) in [5.41, 5.74) is 3.04. The molecule has 3 aromatic rings. The summed E-state index contributed by atoms with van der Waals surface area (Å²) in [5, 5.41) is 1.97. The maximum atomic E-state index is 12.3. The smallest absolute Gasteiger partial charge is 0.259 e. The summed E-state index contributed by atoms with van der Waals surface area (Å²) < 4.78 is 1.67. The molecule has 112 valence electrons. The van der Waals surface area contributed by atoms with Gasteiger partial charge >= 0.3 is 0 Å². The Kier molecular flexibility index (Phi) is 3.43. The number of fused-ring (bicyclic) bond motifs is 2. The first-order valence-electron chi connectivity index (χ1n) is 7.16. The number of benzene rings is 1. The van der Waals surface area contributed by atoms with E-state index >= 15 is 0 Å². The molecule has 1 aromatic carbocycles. The third-order valence-corrected chi connectivity index (χ3v) is 5.79. The number of para-hydroxylation sites is 1. The highest BCUT2D eigenvalue weighted by Crippen LogP contribution is 2.34. The molecule has 2 aromatic heterocycles. The van der Waals surface area contributed by atoms with E-state index < -0.39 is 0 Å². The lowest BCUT2D eigenvalue weighted by atomic mass is 10.2. The normalized spacial score (nSPS) is 14.3. The van der Waals surface area contributed by atoms with E-state index in [4.69, 9.17) is 0 Å². The lowest BCUT2D eigenvalue weighted by Gasteiger charge is -2.30. The van der Waals surface area contributed by atoms with Crippen LogP contribution in [0.2, 0.25) is 0 Å². The highest BCUT2D eigenvalue weighted by Gasteiger charge is 2.18. The summed E-state index contributed by atoms with van der Waals surface area (Å²) >= 11 is 3.41. The van der Waals surface area contributed by atoms with Crippen LogP contribution >= 0.6 is 23.1 Å². The van der Waals surface area contributed by atoms with Crippen molar-refractivity contribution in [3.8, 4) is 0 Å². The average molecular weight is 329 g/mol. The van der Waals surface area contributed by atoms with E-state index in [-0.39, 0.29) is 5.56 Å². The van der Waals surface area contributed by atoms with E-state index in [9.17, 15) is 4.79 Å². The quantitative estimate of drug-likeness (QED) is 0.724. The van der Waals surface area contributed by atoms with E-state index in [1.807, 2.05) is 24.1 Å². The minimum absolute atomic E-state index is 0.0124. The highest BCUT2D eigenvalue weighted by molar-refractivity contribution is 7.99. The van der Waals surface area contributed by atoms with Crippen LogP contribution in [0.4, 0.5) is 5.69 Å². The van der Waals surface area contributed by atoms with Crippen LogP contribution in [0, 0.1) is 6.92 Å². The number of aryl methyl sites for hydroxylation is 1. The molecule has 1 aliphatic rings. The van der Waals surface area contributed by atoms with E-state index in [1.54, 1.807) is 10.5 Å². The molecule has 3 heterocycles. The zero-order chi connectivity index (χ0) is 15.1. The van der Waals surface area contributed by atoms with E-state index in [0.29, 0.717) is 6.54 Å². The summed E-state index contributed by atoms with van der Waals surface area (Å²) in [7, 11) is 0. The molecule has 1 aliphatic heterocycles. The first kappa shape index (κ1) is 13.8. The van der Waals surface area contributed by atoms with Crippen molar-refractivity contribution in [3.63, 3.8) is 0 Å². The fourth-order valence-electron chi connectivity index (χ4n) is 2.77.